The average molecular weight is 603 g/mol. The van der Waals surface area contributed by atoms with Crippen LogP contribution < -0.4 is 11.1 Å². The number of nitrogens with one attached hydrogen (secondary N) is 1. The van der Waals surface area contributed by atoms with Crippen LogP contribution in [-0.4, -0.2) is 110 Å². The van der Waals surface area contributed by atoms with E-state index in [-0.39, 0.29) is 66.3 Å². The number of likely N-dealkylation sites (N-methyl/N-ethyl adjacent to an activating group) is 1. The standard InChI is InChI=1S/C32H50N4O7/c1-21(6-9-25-18-32(20-40-32)19-26(43-25)17-29(33)37)7-10-28-22(2)16-27(24(4)42-28)34-30(38)11-8-23(3)41-31(39)36-14-12-35(5)13-15-36/h6-9,11,22-28H,10,12-20H2,1-5H3,(H2,33,37)(H,34,38)/b9-6+,11-8-,21-7+/t22-,23-,24+,25+,26+,27+,28-,32?/m0/s1. The van der Waals surface area contributed by atoms with Crippen LogP contribution in [0.4, 0.5) is 4.79 Å². The number of carbonyl (C=O) groups is 3. The highest BCUT2D eigenvalue weighted by Gasteiger charge is 2.51. The number of carbonyl (C=O) groups excluding carboxylic acids is 3. The fourth-order valence-electron chi connectivity index (χ4n) is 6.06. The molecule has 0 radical (unpaired) electrons. The molecule has 3 N–H and O–H groups in total. The molecule has 4 saturated heterocycles. The molecule has 11 nitrogen and oxygen atoms in total. The zero-order chi connectivity index (χ0) is 31.1. The minimum absolute atomic E-state index is 0.0464. The number of hydrogen-bond donors (Lipinski definition) is 2. The van der Waals surface area contributed by atoms with Gasteiger partial charge in [0, 0.05) is 45.1 Å². The summed E-state index contributed by atoms with van der Waals surface area (Å²) in [5, 5.41) is 3.06. The lowest BCUT2D eigenvalue weighted by Crippen LogP contribution is -2.50. The van der Waals surface area contributed by atoms with Crippen molar-refractivity contribution in [1.29, 1.82) is 0 Å². The second-order valence-electron chi connectivity index (χ2n) is 12.8. The summed E-state index contributed by atoms with van der Waals surface area (Å²) in [6.07, 6.45) is 11.3. The molecule has 8 atom stereocenters. The van der Waals surface area contributed by atoms with Gasteiger partial charge >= 0.3 is 6.09 Å². The van der Waals surface area contributed by atoms with Crippen LogP contribution in [0.15, 0.2) is 36.0 Å². The van der Waals surface area contributed by atoms with Crippen molar-refractivity contribution in [3.63, 3.8) is 0 Å². The van der Waals surface area contributed by atoms with Crippen LogP contribution in [0.5, 0.6) is 0 Å². The number of nitrogens with zero attached hydrogens (tertiary/aromatic N) is 2. The molecular weight excluding hydrogens is 552 g/mol. The molecule has 0 bridgehead atoms. The van der Waals surface area contributed by atoms with Crippen molar-refractivity contribution in [3.05, 3.63) is 36.0 Å². The van der Waals surface area contributed by atoms with Gasteiger partial charge in [0.05, 0.1) is 49.1 Å². The molecule has 0 aromatic carbocycles. The van der Waals surface area contributed by atoms with E-state index >= 15 is 0 Å². The fourth-order valence-corrected chi connectivity index (χ4v) is 6.06. The Morgan fingerprint density at radius 3 is 2.51 bits per heavy atom. The van der Waals surface area contributed by atoms with Gasteiger partial charge in [-0.25, -0.2) is 4.79 Å². The lowest BCUT2D eigenvalue weighted by Gasteiger charge is -2.39. The van der Waals surface area contributed by atoms with Crippen LogP contribution >= 0.6 is 0 Å². The van der Waals surface area contributed by atoms with Gasteiger partial charge in [-0.15, -0.1) is 0 Å². The quantitative estimate of drug-likeness (QED) is 0.221. The molecule has 0 aromatic heterocycles. The van der Waals surface area contributed by atoms with Crippen molar-refractivity contribution in [2.24, 2.45) is 11.7 Å². The maximum absolute atomic E-state index is 12.6. The van der Waals surface area contributed by atoms with Crippen LogP contribution in [0.25, 0.3) is 0 Å². The van der Waals surface area contributed by atoms with Gasteiger partial charge in [0.1, 0.15) is 6.10 Å². The number of hydrogen-bond acceptors (Lipinski definition) is 8. The predicted molar refractivity (Wildman–Crippen MR) is 162 cm³/mol. The summed E-state index contributed by atoms with van der Waals surface area (Å²) in [6, 6.07) is -0.106. The van der Waals surface area contributed by atoms with Gasteiger partial charge in [-0.3, -0.25) is 9.59 Å². The van der Waals surface area contributed by atoms with Crippen LogP contribution in [0.3, 0.4) is 0 Å². The van der Waals surface area contributed by atoms with Gasteiger partial charge in [-0.05, 0) is 52.7 Å². The Kier molecular flexibility index (Phi) is 11.4. The molecule has 0 aliphatic carbocycles. The second-order valence-corrected chi connectivity index (χ2v) is 12.8. The summed E-state index contributed by atoms with van der Waals surface area (Å²) in [5.41, 5.74) is 6.33. The molecule has 4 aliphatic rings. The average Bonchev–Trinajstić information content (AvgIpc) is 3.68. The molecule has 1 unspecified atom stereocenters. The molecule has 11 heteroatoms. The Labute approximate surface area is 255 Å². The van der Waals surface area contributed by atoms with Gasteiger partial charge in [-0.1, -0.05) is 30.7 Å². The van der Waals surface area contributed by atoms with Gasteiger partial charge in [0.25, 0.3) is 0 Å². The number of allylic oxidation sites excluding steroid dienone is 2. The number of nitrogens with two attached hydrogens (primary N) is 1. The summed E-state index contributed by atoms with van der Waals surface area (Å²) in [6.45, 7) is 11.6. The Morgan fingerprint density at radius 2 is 1.84 bits per heavy atom. The monoisotopic (exact) mass is 602 g/mol. The molecule has 240 valence electrons. The second kappa shape index (κ2) is 14.8. The highest BCUT2D eigenvalue weighted by Crippen LogP contribution is 2.43. The summed E-state index contributed by atoms with van der Waals surface area (Å²) in [4.78, 5) is 40.3. The van der Waals surface area contributed by atoms with Crippen molar-refractivity contribution in [2.45, 2.75) is 102 Å². The molecule has 3 amide bonds. The van der Waals surface area contributed by atoms with E-state index in [4.69, 9.17) is 24.7 Å². The molecule has 1 spiro atoms. The Balaban J connectivity index is 1.19. The highest BCUT2D eigenvalue weighted by atomic mass is 16.6. The molecular formula is C32H50N4O7. The van der Waals surface area contributed by atoms with Gasteiger partial charge in [0.2, 0.25) is 11.8 Å². The van der Waals surface area contributed by atoms with Crippen LogP contribution in [0, 0.1) is 5.92 Å². The van der Waals surface area contributed by atoms with Gasteiger partial charge in [0.15, 0.2) is 0 Å². The summed E-state index contributed by atoms with van der Waals surface area (Å²) in [5.74, 6) is -0.328. The van der Waals surface area contributed by atoms with Crippen molar-refractivity contribution in [1.82, 2.24) is 15.1 Å². The normalized spacial score (nSPS) is 34.4. The third kappa shape index (κ3) is 10.2. The minimum atomic E-state index is -0.505. The van der Waals surface area contributed by atoms with Crippen LogP contribution in [0.1, 0.15) is 59.8 Å². The maximum atomic E-state index is 12.6. The Morgan fingerprint density at radius 1 is 1.12 bits per heavy atom. The Hall–Kier alpha value is -2.73. The predicted octanol–water partition coefficient (Wildman–Crippen LogP) is 2.70. The largest absolute Gasteiger partial charge is 0.442 e. The number of rotatable bonds is 10. The van der Waals surface area contributed by atoms with Crippen molar-refractivity contribution < 1.29 is 33.3 Å². The minimum Gasteiger partial charge on any atom is -0.442 e. The Bertz CT molecular complexity index is 1080. The van der Waals surface area contributed by atoms with E-state index in [1.165, 1.54) is 6.08 Å². The van der Waals surface area contributed by atoms with Crippen LogP contribution in [0.2, 0.25) is 0 Å². The first kappa shape index (κ1) is 33.2. The first-order chi connectivity index (χ1) is 20.4. The topological polar surface area (TPSA) is 136 Å². The van der Waals surface area contributed by atoms with Crippen molar-refractivity contribution >= 4 is 17.9 Å². The molecule has 4 fully saturated rings. The zero-order valence-electron chi connectivity index (χ0n) is 26.3. The molecule has 4 aliphatic heterocycles. The molecule has 4 heterocycles. The number of primary amides is 1. The zero-order valence-corrected chi connectivity index (χ0v) is 26.3. The highest BCUT2D eigenvalue weighted by molar-refractivity contribution is 5.87. The molecule has 4 rings (SSSR count). The summed E-state index contributed by atoms with van der Waals surface area (Å²) >= 11 is 0. The van der Waals surface area contributed by atoms with E-state index in [0.717, 1.165) is 37.9 Å². The number of epoxide rings is 1. The van der Waals surface area contributed by atoms with E-state index < -0.39 is 6.10 Å². The van der Waals surface area contributed by atoms with Crippen LogP contribution in [-0.2, 0) is 28.5 Å². The third-order valence-corrected chi connectivity index (χ3v) is 8.88. The lowest BCUT2D eigenvalue weighted by atomic mass is 9.88. The first-order valence-electron chi connectivity index (χ1n) is 15.6. The third-order valence-electron chi connectivity index (χ3n) is 8.88. The van der Waals surface area contributed by atoms with Crippen molar-refractivity contribution in [3.8, 4) is 0 Å². The van der Waals surface area contributed by atoms with Gasteiger partial charge in [-0.2, -0.15) is 0 Å². The number of ether oxygens (including phenoxy) is 4. The molecule has 43 heavy (non-hydrogen) atoms. The summed E-state index contributed by atoms with van der Waals surface area (Å²) in [7, 11) is 2.03. The van der Waals surface area contributed by atoms with E-state index in [9.17, 15) is 14.4 Å². The number of amides is 3. The maximum Gasteiger partial charge on any atom is 0.410 e. The lowest BCUT2D eigenvalue weighted by molar-refractivity contribution is -0.125. The van der Waals surface area contributed by atoms with E-state index in [1.807, 2.05) is 20.0 Å². The molecule has 0 aromatic rings. The number of piperazine rings is 1. The molecule has 0 saturated carbocycles. The fraction of sp³-hybridized carbons (Fsp3) is 0.719. The first-order valence-corrected chi connectivity index (χ1v) is 15.6. The SMILES string of the molecule is CC(/C=C/[C@@H]1CC2(CO2)C[C@@H](CC(N)=O)O1)=C\C[C@@H]1O[C@H](C)[C@H](NC(=O)/C=C\[C@H](C)OC(=O)N2CCN(C)CC2)C[C@@H]1C. The van der Waals surface area contributed by atoms with E-state index in [1.54, 1.807) is 17.9 Å². The van der Waals surface area contributed by atoms with E-state index in [0.29, 0.717) is 26.1 Å². The summed E-state index contributed by atoms with van der Waals surface area (Å²) < 4.78 is 23.6. The smallest absolute Gasteiger partial charge is 0.410 e. The van der Waals surface area contributed by atoms with Gasteiger partial charge < -0.3 is 39.8 Å². The van der Waals surface area contributed by atoms with Crippen molar-refractivity contribution in [2.75, 3.05) is 39.8 Å². The van der Waals surface area contributed by atoms with E-state index in [2.05, 4.69) is 36.2 Å².